The van der Waals surface area contributed by atoms with E-state index < -0.39 is 0 Å². The highest BCUT2D eigenvalue weighted by Crippen LogP contribution is 2.21. The standard InChI is InChI=1S/C10H12ClNO.ClH/c11-9-3-1-2-8(6-9)10-7-12-4-5-13-10;/h1-3,6,10,12H,4-5,7H2;1H/t10-;/m0./s1. The van der Waals surface area contributed by atoms with E-state index in [9.17, 15) is 0 Å². The van der Waals surface area contributed by atoms with Crippen molar-refractivity contribution >= 4 is 24.0 Å². The lowest BCUT2D eigenvalue weighted by Gasteiger charge is -2.23. The monoisotopic (exact) mass is 233 g/mol. The first-order chi connectivity index (χ1) is 6.36. The summed E-state index contributed by atoms with van der Waals surface area (Å²) in [6, 6.07) is 7.83. The zero-order chi connectivity index (χ0) is 9.10. The van der Waals surface area contributed by atoms with E-state index in [1.807, 2.05) is 24.3 Å². The molecular formula is C10H13Cl2NO. The third-order valence-electron chi connectivity index (χ3n) is 2.15. The van der Waals surface area contributed by atoms with Gasteiger partial charge in [-0.05, 0) is 17.7 Å². The van der Waals surface area contributed by atoms with Gasteiger partial charge in [-0.15, -0.1) is 12.4 Å². The second-order valence-corrected chi connectivity index (χ2v) is 3.55. The van der Waals surface area contributed by atoms with Crippen LogP contribution in [0, 0.1) is 0 Å². The first-order valence-corrected chi connectivity index (χ1v) is 4.82. The molecule has 1 aliphatic heterocycles. The Morgan fingerprint density at radius 1 is 1.43 bits per heavy atom. The van der Waals surface area contributed by atoms with E-state index in [1.165, 1.54) is 0 Å². The summed E-state index contributed by atoms with van der Waals surface area (Å²) in [6.45, 7) is 2.59. The minimum Gasteiger partial charge on any atom is -0.371 e. The van der Waals surface area contributed by atoms with Gasteiger partial charge >= 0.3 is 0 Å². The molecule has 4 heteroatoms. The summed E-state index contributed by atoms with van der Waals surface area (Å²) in [5, 5.41) is 4.05. The maximum absolute atomic E-state index is 5.89. The molecule has 2 rings (SSSR count). The van der Waals surface area contributed by atoms with Crippen molar-refractivity contribution in [2.75, 3.05) is 19.7 Å². The van der Waals surface area contributed by atoms with Crippen molar-refractivity contribution in [3.63, 3.8) is 0 Å². The molecule has 1 heterocycles. The van der Waals surface area contributed by atoms with Crippen LogP contribution in [-0.4, -0.2) is 19.7 Å². The van der Waals surface area contributed by atoms with Crippen LogP contribution in [0.1, 0.15) is 11.7 Å². The van der Waals surface area contributed by atoms with Gasteiger partial charge in [0.15, 0.2) is 0 Å². The van der Waals surface area contributed by atoms with Crippen LogP contribution < -0.4 is 5.32 Å². The Morgan fingerprint density at radius 3 is 2.93 bits per heavy atom. The van der Waals surface area contributed by atoms with E-state index in [0.29, 0.717) is 0 Å². The van der Waals surface area contributed by atoms with Crippen molar-refractivity contribution in [3.05, 3.63) is 34.9 Å². The third kappa shape index (κ3) is 2.85. The lowest BCUT2D eigenvalue weighted by Crippen LogP contribution is -2.33. The molecule has 1 aliphatic rings. The molecule has 0 aliphatic carbocycles. The van der Waals surface area contributed by atoms with Crippen molar-refractivity contribution in [3.8, 4) is 0 Å². The van der Waals surface area contributed by atoms with Gasteiger partial charge in [0.25, 0.3) is 0 Å². The zero-order valence-electron chi connectivity index (χ0n) is 7.70. The third-order valence-corrected chi connectivity index (χ3v) is 2.38. The van der Waals surface area contributed by atoms with Gasteiger partial charge in [-0.2, -0.15) is 0 Å². The van der Waals surface area contributed by atoms with Gasteiger partial charge in [0.05, 0.1) is 12.7 Å². The fourth-order valence-electron chi connectivity index (χ4n) is 1.49. The van der Waals surface area contributed by atoms with Crippen LogP contribution in [0.25, 0.3) is 0 Å². The van der Waals surface area contributed by atoms with Crippen LogP contribution in [0.3, 0.4) is 0 Å². The number of hydrogen-bond acceptors (Lipinski definition) is 2. The first-order valence-electron chi connectivity index (χ1n) is 4.44. The number of rotatable bonds is 1. The Bertz CT molecular complexity index is 287. The molecule has 1 aromatic rings. The minimum absolute atomic E-state index is 0. The minimum atomic E-state index is 0. The molecule has 0 radical (unpaired) electrons. The van der Waals surface area contributed by atoms with E-state index in [0.717, 1.165) is 30.3 Å². The average Bonchev–Trinajstić information content (AvgIpc) is 2.19. The number of halogens is 2. The van der Waals surface area contributed by atoms with Gasteiger partial charge in [0.2, 0.25) is 0 Å². The first kappa shape index (κ1) is 11.8. The Hall–Kier alpha value is -0.280. The summed E-state index contributed by atoms with van der Waals surface area (Å²) in [5.74, 6) is 0. The van der Waals surface area contributed by atoms with Crippen molar-refractivity contribution in [2.24, 2.45) is 0 Å². The smallest absolute Gasteiger partial charge is 0.0950 e. The van der Waals surface area contributed by atoms with E-state index in [4.69, 9.17) is 16.3 Å². The molecular weight excluding hydrogens is 221 g/mol. The van der Waals surface area contributed by atoms with Crippen LogP contribution in [0.2, 0.25) is 5.02 Å². The van der Waals surface area contributed by atoms with Crippen molar-refractivity contribution in [2.45, 2.75) is 6.10 Å². The highest BCUT2D eigenvalue weighted by atomic mass is 35.5. The van der Waals surface area contributed by atoms with Gasteiger partial charge in [-0.25, -0.2) is 0 Å². The van der Waals surface area contributed by atoms with Gasteiger partial charge in [0.1, 0.15) is 0 Å². The molecule has 1 N–H and O–H groups in total. The predicted molar refractivity (Wildman–Crippen MR) is 60.3 cm³/mol. The van der Waals surface area contributed by atoms with E-state index in [-0.39, 0.29) is 18.5 Å². The van der Waals surface area contributed by atoms with Crippen LogP contribution in [0.5, 0.6) is 0 Å². The molecule has 1 aromatic carbocycles. The molecule has 0 bridgehead atoms. The number of hydrogen-bond donors (Lipinski definition) is 1. The molecule has 0 unspecified atom stereocenters. The second kappa shape index (κ2) is 5.56. The lowest BCUT2D eigenvalue weighted by atomic mass is 10.1. The summed E-state index contributed by atoms with van der Waals surface area (Å²) in [4.78, 5) is 0. The Morgan fingerprint density at radius 2 is 2.29 bits per heavy atom. The molecule has 0 spiro atoms. The Balaban J connectivity index is 0.000000980. The van der Waals surface area contributed by atoms with Gasteiger partial charge in [0, 0.05) is 18.1 Å². The highest BCUT2D eigenvalue weighted by Gasteiger charge is 2.15. The van der Waals surface area contributed by atoms with Crippen LogP contribution >= 0.6 is 24.0 Å². The number of benzene rings is 1. The number of ether oxygens (including phenoxy) is 1. The topological polar surface area (TPSA) is 21.3 Å². The molecule has 2 nitrogen and oxygen atoms in total. The zero-order valence-corrected chi connectivity index (χ0v) is 9.27. The molecule has 1 atom stereocenters. The van der Waals surface area contributed by atoms with Crippen LogP contribution in [0.15, 0.2) is 24.3 Å². The highest BCUT2D eigenvalue weighted by molar-refractivity contribution is 6.30. The molecule has 0 saturated carbocycles. The molecule has 14 heavy (non-hydrogen) atoms. The molecule has 0 amide bonds. The van der Waals surface area contributed by atoms with Crippen molar-refractivity contribution in [1.82, 2.24) is 5.32 Å². The van der Waals surface area contributed by atoms with E-state index in [2.05, 4.69) is 5.32 Å². The molecule has 78 valence electrons. The maximum Gasteiger partial charge on any atom is 0.0950 e. The molecule has 1 fully saturated rings. The normalized spacial score (nSPS) is 21.4. The molecule has 0 aromatic heterocycles. The quantitative estimate of drug-likeness (QED) is 0.805. The van der Waals surface area contributed by atoms with Crippen molar-refractivity contribution < 1.29 is 4.74 Å². The number of morpholine rings is 1. The lowest BCUT2D eigenvalue weighted by molar-refractivity contribution is 0.0277. The Labute approximate surface area is 95.0 Å². The van der Waals surface area contributed by atoms with Crippen LogP contribution in [0.4, 0.5) is 0 Å². The second-order valence-electron chi connectivity index (χ2n) is 3.12. The number of nitrogens with one attached hydrogen (secondary N) is 1. The summed E-state index contributed by atoms with van der Waals surface area (Å²) in [6.07, 6.45) is 0.160. The van der Waals surface area contributed by atoms with Gasteiger partial charge in [-0.3, -0.25) is 0 Å². The summed E-state index contributed by atoms with van der Waals surface area (Å²) < 4.78 is 5.60. The predicted octanol–water partition coefficient (Wildman–Crippen LogP) is 2.42. The van der Waals surface area contributed by atoms with Gasteiger partial charge in [-0.1, -0.05) is 23.7 Å². The van der Waals surface area contributed by atoms with Gasteiger partial charge < -0.3 is 10.1 Å². The average molecular weight is 234 g/mol. The summed E-state index contributed by atoms with van der Waals surface area (Å²) in [5.41, 5.74) is 1.15. The SMILES string of the molecule is Cl.Clc1cccc([C@@H]2CNCCO2)c1. The van der Waals surface area contributed by atoms with Crippen molar-refractivity contribution in [1.29, 1.82) is 0 Å². The largest absolute Gasteiger partial charge is 0.371 e. The fourth-order valence-corrected chi connectivity index (χ4v) is 1.69. The summed E-state index contributed by atoms with van der Waals surface area (Å²) >= 11 is 5.89. The Kier molecular flexibility index (Phi) is 4.69. The van der Waals surface area contributed by atoms with E-state index in [1.54, 1.807) is 0 Å². The molecule has 1 saturated heterocycles. The van der Waals surface area contributed by atoms with Crippen LogP contribution in [-0.2, 0) is 4.74 Å². The van der Waals surface area contributed by atoms with E-state index >= 15 is 0 Å². The maximum atomic E-state index is 5.89. The summed E-state index contributed by atoms with van der Waals surface area (Å²) in [7, 11) is 0. The fraction of sp³-hybridized carbons (Fsp3) is 0.400.